The van der Waals surface area contributed by atoms with E-state index in [1.54, 1.807) is 12.1 Å². The first kappa shape index (κ1) is 15.5. The SMILES string of the molecule is Cc1ccc(C[C@H]2CCCN(C(=O)c3ccc[n+]([O-])c3)C2)cc1. The van der Waals surface area contributed by atoms with Gasteiger partial charge in [0.1, 0.15) is 5.56 Å². The standard InChI is InChI=1S/C19H22N2O2/c1-15-6-8-16(9-7-15)12-17-4-2-10-20(13-17)19(22)18-5-3-11-21(23)14-18/h3,5-9,11,14,17H,2,4,10,12-13H2,1H3/t17-/m1/s1. The van der Waals surface area contributed by atoms with Crippen molar-refractivity contribution in [3.63, 3.8) is 0 Å². The van der Waals surface area contributed by atoms with Crippen molar-refractivity contribution in [2.24, 2.45) is 5.92 Å². The van der Waals surface area contributed by atoms with Gasteiger partial charge in [-0.15, -0.1) is 0 Å². The molecule has 3 rings (SSSR count). The molecule has 1 fully saturated rings. The number of hydrogen-bond acceptors (Lipinski definition) is 2. The van der Waals surface area contributed by atoms with Gasteiger partial charge in [0.15, 0.2) is 12.4 Å². The average Bonchev–Trinajstić information content (AvgIpc) is 2.56. The molecular weight excluding hydrogens is 288 g/mol. The van der Waals surface area contributed by atoms with Gasteiger partial charge in [0, 0.05) is 19.2 Å². The Kier molecular flexibility index (Phi) is 4.60. The van der Waals surface area contributed by atoms with Gasteiger partial charge < -0.3 is 10.1 Å². The molecule has 0 bridgehead atoms. The number of aryl methyl sites for hydroxylation is 1. The number of pyridine rings is 1. The van der Waals surface area contributed by atoms with Crippen molar-refractivity contribution in [2.45, 2.75) is 26.2 Å². The number of amides is 1. The summed E-state index contributed by atoms with van der Waals surface area (Å²) in [7, 11) is 0. The topological polar surface area (TPSA) is 47.2 Å². The zero-order valence-corrected chi connectivity index (χ0v) is 13.4. The molecule has 1 atom stereocenters. The summed E-state index contributed by atoms with van der Waals surface area (Å²) in [6.07, 6.45) is 5.92. The van der Waals surface area contributed by atoms with Crippen LogP contribution in [-0.2, 0) is 6.42 Å². The fourth-order valence-electron chi connectivity index (χ4n) is 3.24. The Bertz CT molecular complexity index is 682. The third-order valence-electron chi connectivity index (χ3n) is 4.47. The molecule has 4 heteroatoms. The molecule has 0 N–H and O–H groups in total. The largest absolute Gasteiger partial charge is 0.619 e. The van der Waals surface area contributed by atoms with Gasteiger partial charge in [0.05, 0.1) is 0 Å². The summed E-state index contributed by atoms with van der Waals surface area (Å²) in [6.45, 7) is 3.63. The van der Waals surface area contributed by atoms with Crippen LogP contribution in [0.5, 0.6) is 0 Å². The second-order valence-corrected chi connectivity index (χ2v) is 6.40. The minimum absolute atomic E-state index is 0.0381. The molecule has 1 aliphatic rings. The van der Waals surface area contributed by atoms with E-state index in [4.69, 9.17) is 0 Å². The van der Waals surface area contributed by atoms with E-state index in [2.05, 4.69) is 31.2 Å². The van der Waals surface area contributed by atoms with Crippen molar-refractivity contribution in [1.82, 2.24) is 4.90 Å². The predicted molar refractivity (Wildman–Crippen MR) is 88.9 cm³/mol. The van der Waals surface area contributed by atoms with Crippen LogP contribution in [0, 0.1) is 18.0 Å². The molecule has 1 aromatic carbocycles. The molecule has 1 aliphatic heterocycles. The first-order valence-corrected chi connectivity index (χ1v) is 8.15. The minimum atomic E-state index is -0.0381. The molecule has 2 heterocycles. The first-order chi connectivity index (χ1) is 11.1. The van der Waals surface area contributed by atoms with E-state index >= 15 is 0 Å². The first-order valence-electron chi connectivity index (χ1n) is 8.15. The van der Waals surface area contributed by atoms with Gasteiger partial charge in [-0.25, -0.2) is 0 Å². The van der Waals surface area contributed by atoms with Crippen molar-refractivity contribution in [2.75, 3.05) is 13.1 Å². The van der Waals surface area contributed by atoms with Crippen LogP contribution in [0.3, 0.4) is 0 Å². The summed E-state index contributed by atoms with van der Waals surface area (Å²) in [5.74, 6) is 0.447. The molecule has 23 heavy (non-hydrogen) atoms. The van der Waals surface area contributed by atoms with Crippen LogP contribution in [0.2, 0.25) is 0 Å². The molecule has 1 aromatic heterocycles. The number of rotatable bonds is 3. The number of aromatic nitrogens is 1. The van der Waals surface area contributed by atoms with Crippen LogP contribution < -0.4 is 4.73 Å². The zero-order chi connectivity index (χ0) is 16.2. The van der Waals surface area contributed by atoms with E-state index in [0.29, 0.717) is 16.2 Å². The molecule has 1 saturated heterocycles. The number of benzene rings is 1. The fourth-order valence-corrected chi connectivity index (χ4v) is 3.24. The molecule has 0 spiro atoms. The quantitative estimate of drug-likeness (QED) is 0.646. The number of carbonyl (C=O) groups excluding carboxylic acids is 1. The normalized spacial score (nSPS) is 18.0. The second-order valence-electron chi connectivity index (χ2n) is 6.40. The summed E-state index contributed by atoms with van der Waals surface area (Å²) in [6, 6.07) is 12.0. The van der Waals surface area contributed by atoms with Crippen molar-refractivity contribution in [1.29, 1.82) is 0 Å². The lowest BCUT2D eigenvalue weighted by Gasteiger charge is -2.32. The third-order valence-corrected chi connectivity index (χ3v) is 4.47. The summed E-state index contributed by atoms with van der Waals surface area (Å²) in [5, 5.41) is 11.4. The second kappa shape index (κ2) is 6.82. The zero-order valence-electron chi connectivity index (χ0n) is 13.4. The Morgan fingerprint density at radius 3 is 2.83 bits per heavy atom. The monoisotopic (exact) mass is 310 g/mol. The molecular formula is C19H22N2O2. The Balaban J connectivity index is 1.66. The Labute approximate surface area is 137 Å². The van der Waals surface area contributed by atoms with E-state index in [0.717, 1.165) is 32.4 Å². The van der Waals surface area contributed by atoms with Crippen molar-refractivity contribution < 1.29 is 9.52 Å². The van der Waals surface area contributed by atoms with Crippen LogP contribution >= 0.6 is 0 Å². The maximum absolute atomic E-state index is 12.6. The predicted octanol–water partition coefficient (Wildman–Crippen LogP) is 2.72. The van der Waals surface area contributed by atoms with E-state index in [1.807, 2.05) is 4.90 Å². The lowest BCUT2D eigenvalue weighted by atomic mass is 9.91. The molecule has 2 aromatic rings. The molecule has 4 nitrogen and oxygen atoms in total. The molecule has 1 amide bonds. The third kappa shape index (κ3) is 3.89. The van der Waals surface area contributed by atoms with Crippen LogP contribution in [0.4, 0.5) is 0 Å². The number of hydrogen-bond donors (Lipinski definition) is 0. The fraction of sp³-hybridized carbons (Fsp3) is 0.368. The number of piperidine rings is 1. The van der Waals surface area contributed by atoms with Gasteiger partial charge in [0.25, 0.3) is 5.91 Å². The summed E-state index contributed by atoms with van der Waals surface area (Å²) in [4.78, 5) is 14.5. The Morgan fingerprint density at radius 1 is 1.30 bits per heavy atom. The van der Waals surface area contributed by atoms with Gasteiger partial charge in [-0.3, -0.25) is 4.79 Å². The van der Waals surface area contributed by atoms with Crippen molar-refractivity contribution >= 4 is 5.91 Å². The van der Waals surface area contributed by atoms with Crippen LogP contribution in [0.15, 0.2) is 48.8 Å². The van der Waals surface area contributed by atoms with Crippen molar-refractivity contribution in [3.05, 3.63) is 70.7 Å². The lowest BCUT2D eigenvalue weighted by molar-refractivity contribution is -0.605. The van der Waals surface area contributed by atoms with Crippen LogP contribution in [0.25, 0.3) is 0 Å². The highest BCUT2D eigenvalue weighted by molar-refractivity contribution is 5.93. The van der Waals surface area contributed by atoms with Crippen molar-refractivity contribution in [3.8, 4) is 0 Å². The number of carbonyl (C=O) groups is 1. The van der Waals surface area contributed by atoms with Gasteiger partial charge in [-0.1, -0.05) is 29.8 Å². The summed E-state index contributed by atoms with van der Waals surface area (Å²) in [5.41, 5.74) is 3.06. The van der Waals surface area contributed by atoms with Gasteiger partial charge in [-0.2, -0.15) is 4.73 Å². The van der Waals surface area contributed by atoms with Gasteiger partial charge in [0.2, 0.25) is 0 Å². The summed E-state index contributed by atoms with van der Waals surface area (Å²) < 4.78 is 0.682. The van der Waals surface area contributed by atoms with Gasteiger partial charge >= 0.3 is 0 Å². The molecule has 0 radical (unpaired) electrons. The number of likely N-dealkylation sites (tertiary alicyclic amines) is 1. The highest BCUT2D eigenvalue weighted by Crippen LogP contribution is 2.22. The lowest BCUT2D eigenvalue weighted by Crippen LogP contribution is -2.41. The van der Waals surface area contributed by atoms with Crippen LogP contribution in [0.1, 0.15) is 34.3 Å². The molecule has 120 valence electrons. The smallest absolute Gasteiger partial charge is 0.259 e. The van der Waals surface area contributed by atoms with E-state index < -0.39 is 0 Å². The van der Waals surface area contributed by atoms with E-state index in [1.165, 1.54) is 23.5 Å². The summed E-state index contributed by atoms with van der Waals surface area (Å²) >= 11 is 0. The minimum Gasteiger partial charge on any atom is -0.619 e. The highest BCUT2D eigenvalue weighted by atomic mass is 16.5. The maximum atomic E-state index is 12.6. The molecule has 0 unspecified atom stereocenters. The Hall–Kier alpha value is -2.36. The number of nitrogens with zero attached hydrogens (tertiary/aromatic N) is 2. The molecule has 0 aliphatic carbocycles. The highest BCUT2D eigenvalue weighted by Gasteiger charge is 2.25. The maximum Gasteiger partial charge on any atom is 0.259 e. The average molecular weight is 310 g/mol. The molecule has 0 saturated carbocycles. The Morgan fingerprint density at radius 2 is 2.09 bits per heavy atom. The van der Waals surface area contributed by atoms with Gasteiger partial charge in [-0.05, 0) is 43.7 Å². The van der Waals surface area contributed by atoms with E-state index in [-0.39, 0.29) is 5.91 Å². The van der Waals surface area contributed by atoms with E-state index in [9.17, 15) is 10.0 Å². The van der Waals surface area contributed by atoms with Crippen LogP contribution in [-0.4, -0.2) is 23.9 Å².